The van der Waals surface area contributed by atoms with Gasteiger partial charge in [-0.2, -0.15) is 11.8 Å². The predicted molar refractivity (Wildman–Crippen MR) is 79.8 cm³/mol. The molecule has 0 amide bonds. The third-order valence-electron chi connectivity index (χ3n) is 2.52. The summed E-state index contributed by atoms with van der Waals surface area (Å²) >= 11 is 1.94. The topological polar surface area (TPSA) is 72.5 Å². The van der Waals surface area contributed by atoms with E-state index in [0.29, 0.717) is 0 Å². The van der Waals surface area contributed by atoms with Gasteiger partial charge in [0, 0.05) is 0 Å². The van der Waals surface area contributed by atoms with Gasteiger partial charge in [0.15, 0.2) is 0 Å². The first-order valence-corrected chi connectivity index (χ1v) is 9.32. The van der Waals surface area contributed by atoms with Gasteiger partial charge in [0.2, 0.25) is 0 Å². The number of hydrogen-bond acceptors (Lipinski definition) is 3. The molecule has 0 fully saturated rings. The molecule has 3 N–H and O–H groups in total. The van der Waals surface area contributed by atoms with Crippen LogP contribution in [0.5, 0.6) is 0 Å². The predicted octanol–water partition coefficient (Wildman–Crippen LogP) is 3.79. The maximum absolute atomic E-state index is 11.0. The minimum Gasteiger partial charge on any atom is -0.313 e. The molecule has 110 valence electrons. The number of thioether (sulfide) groups is 1. The molecule has 0 bridgehead atoms. The van der Waals surface area contributed by atoms with Gasteiger partial charge in [0.05, 0.1) is 5.60 Å². The van der Waals surface area contributed by atoms with Crippen LogP contribution in [0, 0.1) is 5.92 Å². The van der Waals surface area contributed by atoms with Crippen LogP contribution in [0.15, 0.2) is 0 Å². The van der Waals surface area contributed by atoms with Crippen molar-refractivity contribution in [1.82, 2.24) is 0 Å². The fraction of sp³-hybridized carbons (Fsp3) is 1.00. The lowest BCUT2D eigenvalue weighted by atomic mass is 10.0. The molecule has 0 aromatic rings. The van der Waals surface area contributed by atoms with Crippen LogP contribution in [0.4, 0.5) is 0 Å². The van der Waals surface area contributed by atoms with Crippen molar-refractivity contribution in [2.24, 2.45) is 11.4 Å². The van der Waals surface area contributed by atoms with Crippen LogP contribution in [0.2, 0.25) is 0 Å². The molecule has 0 spiro atoms. The van der Waals surface area contributed by atoms with E-state index in [1.165, 1.54) is 18.6 Å². The average Bonchev–Trinajstić information content (AvgIpc) is 2.11. The van der Waals surface area contributed by atoms with Crippen LogP contribution >= 0.6 is 19.5 Å². The molecule has 6 heteroatoms. The molecule has 0 aromatic carbocycles. The second-order valence-corrected chi connectivity index (χ2v) is 8.20. The lowest BCUT2D eigenvalue weighted by Gasteiger charge is -2.25. The Balaban J connectivity index is 3.56. The van der Waals surface area contributed by atoms with Gasteiger partial charge in [-0.3, -0.25) is 4.52 Å². The van der Waals surface area contributed by atoms with Gasteiger partial charge in [-0.05, 0) is 50.5 Å². The molecular weight excluding hydrogens is 269 g/mol. The molecule has 0 rings (SSSR count). The molecule has 0 heterocycles. The third kappa shape index (κ3) is 12.9. The van der Waals surface area contributed by atoms with E-state index in [1.54, 1.807) is 13.8 Å². The normalized spacial score (nSPS) is 15.9. The monoisotopic (exact) mass is 297 g/mol. The van der Waals surface area contributed by atoms with Crippen LogP contribution < -0.4 is 5.50 Å². The molecule has 0 aliphatic heterocycles. The molecule has 1 unspecified atom stereocenters. The van der Waals surface area contributed by atoms with E-state index < -0.39 is 13.3 Å². The average molecular weight is 297 g/mol. The molecule has 4 nitrogen and oxygen atoms in total. The van der Waals surface area contributed by atoms with Gasteiger partial charge in [0.1, 0.15) is 0 Å². The van der Waals surface area contributed by atoms with E-state index in [-0.39, 0.29) is 0 Å². The molecular formula is C12H28NO3PS. The first kappa shape index (κ1) is 18.5. The zero-order valence-corrected chi connectivity index (χ0v) is 13.7. The van der Waals surface area contributed by atoms with Crippen LogP contribution in [0.1, 0.15) is 53.4 Å². The molecule has 0 aliphatic rings. The van der Waals surface area contributed by atoms with Crippen molar-refractivity contribution >= 4 is 19.5 Å². The SMILES string of the molecule is CC(C)CCCSCCCC(C)(C)OP(N)(=O)O. The van der Waals surface area contributed by atoms with Crippen molar-refractivity contribution in [3.8, 4) is 0 Å². The minimum absolute atomic E-state index is 0.627. The Hall–Kier alpha value is 0.460. The first-order valence-electron chi connectivity index (χ1n) is 6.52. The van der Waals surface area contributed by atoms with Crippen molar-refractivity contribution in [3.05, 3.63) is 0 Å². The molecule has 0 aromatic heterocycles. The summed E-state index contributed by atoms with van der Waals surface area (Å²) < 4.78 is 15.9. The fourth-order valence-electron chi connectivity index (χ4n) is 1.70. The molecule has 0 aliphatic carbocycles. The number of rotatable bonds is 10. The zero-order chi connectivity index (χ0) is 14.2. The van der Waals surface area contributed by atoms with Gasteiger partial charge in [-0.15, -0.1) is 0 Å². The maximum atomic E-state index is 11.0. The van der Waals surface area contributed by atoms with Gasteiger partial charge in [-0.25, -0.2) is 10.1 Å². The van der Waals surface area contributed by atoms with Crippen molar-refractivity contribution < 1.29 is 14.0 Å². The maximum Gasteiger partial charge on any atom is 0.400 e. The first-order chi connectivity index (χ1) is 8.12. The lowest BCUT2D eigenvalue weighted by molar-refractivity contribution is 0.0832. The highest BCUT2D eigenvalue weighted by Gasteiger charge is 2.26. The van der Waals surface area contributed by atoms with Crippen molar-refractivity contribution in [1.29, 1.82) is 0 Å². The Morgan fingerprint density at radius 2 is 1.89 bits per heavy atom. The summed E-state index contributed by atoms with van der Waals surface area (Å²) in [5.74, 6) is 3.03. The van der Waals surface area contributed by atoms with Crippen LogP contribution in [-0.2, 0) is 9.09 Å². The van der Waals surface area contributed by atoms with E-state index >= 15 is 0 Å². The van der Waals surface area contributed by atoms with E-state index in [1.807, 2.05) is 11.8 Å². The summed E-state index contributed by atoms with van der Waals surface area (Å²) in [4.78, 5) is 8.98. The van der Waals surface area contributed by atoms with Gasteiger partial charge in [-0.1, -0.05) is 20.3 Å². The quantitative estimate of drug-likeness (QED) is 0.474. The van der Waals surface area contributed by atoms with Gasteiger partial charge < -0.3 is 4.89 Å². The fourth-order valence-corrected chi connectivity index (χ4v) is 3.42. The highest BCUT2D eigenvalue weighted by atomic mass is 32.2. The second-order valence-electron chi connectivity index (χ2n) is 5.67. The smallest absolute Gasteiger partial charge is 0.313 e. The summed E-state index contributed by atoms with van der Waals surface area (Å²) in [6, 6.07) is 0. The molecule has 1 atom stereocenters. The Bertz CT molecular complexity index is 266. The minimum atomic E-state index is -3.87. The van der Waals surface area contributed by atoms with Crippen molar-refractivity contribution in [3.63, 3.8) is 0 Å². The largest absolute Gasteiger partial charge is 0.400 e. The highest BCUT2D eigenvalue weighted by Crippen LogP contribution is 2.39. The standard InChI is InChI=1S/C12H28NO3PS/c1-11(2)7-5-9-18-10-6-8-12(3,4)16-17(13,14)15/h11H,5-10H2,1-4H3,(H3,13,14,15). The summed E-state index contributed by atoms with van der Waals surface area (Å²) in [6.45, 7) is 8.08. The van der Waals surface area contributed by atoms with E-state index in [4.69, 9.17) is 14.9 Å². The summed E-state index contributed by atoms with van der Waals surface area (Å²) in [6.07, 6.45) is 4.25. The zero-order valence-electron chi connectivity index (χ0n) is 12.0. The van der Waals surface area contributed by atoms with Crippen LogP contribution in [-0.4, -0.2) is 22.0 Å². The molecule has 0 radical (unpaired) electrons. The lowest BCUT2D eigenvalue weighted by Crippen LogP contribution is -2.24. The van der Waals surface area contributed by atoms with E-state index in [0.717, 1.165) is 24.5 Å². The molecule has 0 saturated heterocycles. The molecule has 0 saturated carbocycles. The van der Waals surface area contributed by atoms with Crippen LogP contribution in [0.25, 0.3) is 0 Å². The van der Waals surface area contributed by atoms with E-state index in [9.17, 15) is 4.57 Å². The Labute approximate surface area is 116 Å². The highest BCUT2D eigenvalue weighted by molar-refractivity contribution is 7.99. The second kappa shape index (κ2) is 8.60. The third-order valence-corrected chi connectivity index (χ3v) is 4.43. The summed E-state index contributed by atoms with van der Waals surface area (Å²) in [5, 5.41) is 0. The Kier molecular flexibility index (Phi) is 8.81. The Morgan fingerprint density at radius 1 is 1.33 bits per heavy atom. The van der Waals surface area contributed by atoms with Crippen molar-refractivity contribution in [2.45, 2.75) is 59.0 Å². The molecule has 18 heavy (non-hydrogen) atoms. The van der Waals surface area contributed by atoms with Gasteiger partial charge >= 0.3 is 7.75 Å². The van der Waals surface area contributed by atoms with Crippen LogP contribution in [0.3, 0.4) is 0 Å². The number of nitrogens with two attached hydrogens (primary N) is 1. The summed E-state index contributed by atoms with van der Waals surface area (Å²) in [7, 11) is -3.87. The Morgan fingerprint density at radius 3 is 2.39 bits per heavy atom. The van der Waals surface area contributed by atoms with Gasteiger partial charge in [0.25, 0.3) is 0 Å². The summed E-state index contributed by atoms with van der Waals surface area (Å²) in [5.41, 5.74) is 4.38. The van der Waals surface area contributed by atoms with E-state index in [2.05, 4.69) is 13.8 Å². The van der Waals surface area contributed by atoms with Crippen molar-refractivity contribution in [2.75, 3.05) is 11.5 Å². The number of hydrogen-bond donors (Lipinski definition) is 2.